The Hall–Kier alpha value is -0.330. The van der Waals surface area contributed by atoms with Gasteiger partial charge in [0.05, 0.1) is 0 Å². The second-order valence-electron chi connectivity index (χ2n) is 3.81. The van der Waals surface area contributed by atoms with Gasteiger partial charge in [-0.15, -0.1) is 0 Å². The van der Waals surface area contributed by atoms with Gasteiger partial charge in [-0.25, -0.2) is 0 Å². The van der Waals surface area contributed by atoms with Crippen molar-refractivity contribution < 1.29 is 4.79 Å². The van der Waals surface area contributed by atoms with Gasteiger partial charge in [0, 0.05) is 5.92 Å². The minimum Gasteiger partial charge on any atom is -0.300 e. The molecule has 0 saturated carbocycles. The second-order valence-corrected chi connectivity index (χ2v) is 3.81. The van der Waals surface area contributed by atoms with E-state index in [1.165, 1.54) is 12.8 Å². The molecular formula is C11H22O. The maximum absolute atomic E-state index is 11.1. The van der Waals surface area contributed by atoms with Crippen LogP contribution in [0.15, 0.2) is 0 Å². The van der Waals surface area contributed by atoms with Crippen LogP contribution in [0.1, 0.15) is 53.4 Å². The number of Topliss-reactive ketones (excluding diaryl/α,β-unsaturated/α-hetero) is 1. The lowest BCUT2D eigenvalue weighted by atomic mass is 9.91. The van der Waals surface area contributed by atoms with Crippen LogP contribution >= 0.6 is 0 Å². The molecular weight excluding hydrogens is 148 g/mol. The maximum Gasteiger partial charge on any atom is 0.132 e. The monoisotopic (exact) mass is 170 g/mol. The molecule has 0 aromatic carbocycles. The van der Waals surface area contributed by atoms with Crippen LogP contribution in [0.5, 0.6) is 0 Å². The van der Waals surface area contributed by atoms with E-state index in [0.29, 0.717) is 11.7 Å². The fraction of sp³-hybridized carbons (Fsp3) is 0.909. The summed E-state index contributed by atoms with van der Waals surface area (Å²) >= 11 is 0. The predicted octanol–water partition coefficient (Wildman–Crippen LogP) is 3.43. The standard InChI is InChI=1S/C11H22O/c1-5-9(3)7-8-11(6-2)10(4)12/h9,11H,5-8H2,1-4H3. The van der Waals surface area contributed by atoms with Crippen LogP contribution in [0.3, 0.4) is 0 Å². The van der Waals surface area contributed by atoms with Gasteiger partial charge >= 0.3 is 0 Å². The Balaban J connectivity index is 3.65. The third-order valence-electron chi connectivity index (χ3n) is 2.77. The molecule has 0 N–H and O–H groups in total. The van der Waals surface area contributed by atoms with Crippen LogP contribution in [0.25, 0.3) is 0 Å². The number of carbonyl (C=O) groups excluding carboxylic acids is 1. The SMILES string of the molecule is CCC(C)CCC(CC)C(C)=O. The summed E-state index contributed by atoms with van der Waals surface area (Å²) in [5.41, 5.74) is 0. The van der Waals surface area contributed by atoms with E-state index in [9.17, 15) is 4.79 Å². The third-order valence-corrected chi connectivity index (χ3v) is 2.77. The molecule has 1 heteroatoms. The number of ketones is 1. The smallest absolute Gasteiger partial charge is 0.132 e. The van der Waals surface area contributed by atoms with Gasteiger partial charge in [-0.2, -0.15) is 0 Å². The van der Waals surface area contributed by atoms with Gasteiger partial charge in [0.1, 0.15) is 5.78 Å². The van der Waals surface area contributed by atoms with Gasteiger partial charge in [0.15, 0.2) is 0 Å². The topological polar surface area (TPSA) is 17.1 Å². The third kappa shape index (κ3) is 4.53. The van der Waals surface area contributed by atoms with Gasteiger partial charge < -0.3 is 0 Å². The van der Waals surface area contributed by atoms with E-state index in [1.807, 2.05) is 0 Å². The van der Waals surface area contributed by atoms with Gasteiger partial charge in [-0.3, -0.25) is 4.79 Å². The summed E-state index contributed by atoms with van der Waals surface area (Å²) in [6.45, 7) is 8.28. The van der Waals surface area contributed by atoms with E-state index in [2.05, 4.69) is 20.8 Å². The Bertz CT molecular complexity index is 129. The van der Waals surface area contributed by atoms with Gasteiger partial charge in [0.25, 0.3) is 0 Å². The number of carbonyl (C=O) groups is 1. The zero-order chi connectivity index (χ0) is 9.56. The molecule has 0 aliphatic rings. The van der Waals surface area contributed by atoms with Gasteiger partial charge in [-0.05, 0) is 25.7 Å². The maximum atomic E-state index is 11.1. The average molecular weight is 170 g/mol. The Labute approximate surface area is 76.6 Å². The molecule has 0 bridgehead atoms. The molecule has 2 atom stereocenters. The summed E-state index contributed by atoms with van der Waals surface area (Å²) in [4.78, 5) is 11.1. The molecule has 0 fully saturated rings. The highest BCUT2D eigenvalue weighted by Gasteiger charge is 2.12. The van der Waals surface area contributed by atoms with E-state index in [4.69, 9.17) is 0 Å². The van der Waals surface area contributed by atoms with E-state index in [1.54, 1.807) is 6.92 Å². The highest BCUT2D eigenvalue weighted by atomic mass is 16.1. The van der Waals surface area contributed by atoms with Crippen molar-refractivity contribution in [3.8, 4) is 0 Å². The van der Waals surface area contributed by atoms with Crippen LogP contribution in [-0.2, 0) is 4.79 Å². The molecule has 12 heavy (non-hydrogen) atoms. The summed E-state index contributed by atoms with van der Waals surface area (Å²) in [7, 11) is 0. The molecule has 0 saturated heterocycles. The molecule has 0 rings (SSSR count). The Morgan fingerprint density at radius 1 is 1.17 bits per heavy atom. The summed E-state index contributed by atoms with van der Waals surface area (Å²) in [6, 6.07) is 0. The van der Waals surface area contributed by atoms with E-state index >= 15 is 0 Å². The second kappa shape index (κ2) is 6.22. The summed E-state index contributed by atoms with van der Waals surface area (Å²) in [6.07, 6.45) is 4.52. The highest BCUT2D eigenvalue weighted by molar-refractivity contribution is 5.78. The fourth-order valence-corrected chi connectivity index (χ4v) is 1.38. The summed E-state index contributed by atoms with van der Waals surface area (Å²) in [5, 5.41) is 0. The Morgan fingerprint density at radius 3 is 2.08 bits per heavy atom. The zero-order valence-corrected chi connectivity index (χ0v) is 8.89. The van der Waals surface area contributed by atoms with Crippen molar-refractivity contribution in [2.24, 2.45) is 11.8 Å². The lowest BCUT2D eigenvalue weighted by Crippen LogP contribution is -2.10. The molecule has 0 radical (unpaired) electrons. The number of rotatable bonds is 6. The molecule has 0 spiro atoms. The van der Waals surface area contributed by atoms with Crippen LogP contribution in [0.4, 0.5) is 0 Å². The first-order valence-corrected chi connectivity index (χ1v) is 5.12. The van der Waals surface area contributed by atoms with Crippen molar-refractivity contribution in [1.29, 1.82) is 0 Å². The molecule has 0 amide bonds. The van der Waals surface area contributed by atoms with Crippen molar-refractivity contribution in [3.63, 3.8) is 0 Å². The first-order chi connectivity index (χ1) is 5.61. The minimum atomic E-state index is 0.319. The van der Waals surface area contributed by atoms with E-state index in [0.717, 1.165) is 18.8 Å². The molecule has 72 valence electrons. The molecule has 1 nitrogen and oxygen atoms in total. The quantitative estimate of drug-likeness (QED) is 0.597. The number of hydrogen-bond acceptors (Lipinski definition) is 1. The normalized spacial score (nSPS) is 15.7. The van der Waals surface area contributed by atoms with E-state index in [-0.39, 0.29) is 0 Å². The lowest BCUT2D eigenvalue weighted by molar-refractivity contribution is -0.121. The van der Waals surface area contributed by atoms with Crippen molar-refractivity contribution in [3.05, 3.63) is 0 Å². The zero-order valence-electron chi connectivity index (χ0n) is 8.89. The fourth-order valence-electron chi connectivity index (χ4n) is 1.38. The average Bonchev–Trinajstić information content (AvgIpc) is 2.04. The minimum absolute atomic E-state index is 0.319. The molecule has 0 aromatic heterocycles. The highest BCUT2D eigenvalue weighted by Crippen LogP contribution is 2.17. The van der Waals surface area contributed by atoms with Crippen LogP contribution in [0.2, 0.25) is 0 Å². The molecule has 0 aliphatic carbocycles. The molecule has 0 aromatic rings. The van der Waals surface area contributed by atoms with Crippen LogP contribution in [0, 0.1) is 11.8 Å². The molecule has 0 aliphatic heterocycles. The van der Waals surface area contributed by atoms with Gasteiger partial charge in [-0.1, -0.05) is 33.6 Å². The van der Waals surface area contributed by atoms with E-state index < -0.39 is 0 Å². The number of hydrogen-bond donors (Lipinski definition) is 0. The lowest BCUT2D eigenvalue weighted by Gasteiger charge is -2.13. The van der Waals surface area contributed by atoms with Crippen LogP contribution < -0.4 is 0 Å². The predicted molar refractivity (Wildman–Crippen MR) is 53.2 cm³/mol. The first-order valence-electron chi connectivity index (χ1n) is 5.12. The molecule has 0 heterocycles. The van der Waals surface area contributed by atoms with Crippen molar-refractivity contribution >= 4 is 5.78 Å². The Morgan fingerprint density at radius 2 is 1.75 bits per heavy atom. The Kier molecular flexibility index (Phi) is 6.04. The summed E-state index contributed by atoms with van der Waals surface area (Å²) in [5.74, 6) is 1.46. The van der Waals surface area contributed by atoms with Gasteiger partial charge in [0.2, 0.25) is 0 Å². The van der Waals surface area contributed by atoms with Crippen molar-refractivity contribution in [2.45, 2.75) is 53.4 Å². The summed E-state index contributed by atoms with van der Waals surface area (Å²) < 4.78 is 0. The van der Waals surface area contributed by atoms with Crippen LogP contribution in [-0.4, -0.2) is 5.78 Å². The molecule has 2 unspecified atom stereocenters. The largest absolute Gasteiger partial charge is 0.300 e. The first kappa shape index (κ1) is 11.7. The van der Waals surface area contributed by atoms with Crippen molar-refractivity contribution in [2.75, 3.05) is 0 Å². The van der Waals surface area contributed by atoms with Crippen molar-refractivity contribution in [1.82, 2.24) is 0 Å².